The SMILES string of the molecule is CC1(C)OC[C@@H](c2ccco2)N1C(=O)C(Cl)Cl. The summed E-state index contributed by atoms with van der Waals surface area (Å²) in [5, 5.41) is 0. The number of nitrogens with zero attached hydrogens (tertiary/aromatic N) is 1. The Morgan fingerprint density at radius 3 is 2.82 bits per heavy atom. The number of amides is 1. The van der Waals surface area contributed by atoms with Crippen molar-refractivity contribution in [3.05, 3.63) is 24.2 Å². The van der Waals surface area contributed by atoms with Gasteiger partial charge in [-0.1, -0.05) is 23.2 Å². The van der Waals surface area contributed by atoms with Crippen molar-refractivity contribution in [2.45, 2.75) is 30.5 Å². The Bertz CT molecular complexity index is 403. The maximum Gasteiger partial charge on any atom is 0.258 e. The third-order valence-electron chi connectivity index (χ3n) is 2.78. The number of ether oxygens (including phenoxy) is 1. The van der Waals surface area contributed by atoms with Gasteiger partial charge in [-0.05, 0) is 26.0 Å². The molecule has 2 heterocycles. The fraction of sp³-hybridized carbons (Fsp3) is 0.545. The number of furan rings is 1. The van der Waals surface area contributed by atoms with Crippen LogP contribution >= 0.6 is 23.2 Å². The molecule has 1 fully saturated rings. The van der Waals surface area contributed by atoms with Crippen LogP contribution in [0.15, 0.2) is 22.8 Å². The van der Waals surface area contributed by atoms with E-state index in [4.69, 9.17) is 32.4 Å². The summed E-state index contributed by atoms with van der Waals surface area (Å²) in [5.41, 5.74) is -0.740. The molecule has 17 heavy (non-hydrogen) atoms. The molecule has 1 aliphatic rings. The maximum absolute atomic E-state index is 12.0. The topological polar surface area (TPSA) is 42.7 Å². The smallest absolute Gasteiger partial charge is 0.258 e. The lowest BCUT2D eigenvalue weighted by atomic mass is 10.1. The number of hydrogen-bond acceptors (Lipinski definition) is 3. The molecule has 0 N–H and O–H groups in total. The Morgan fingerprint density at radius 2 is 2.29 bits per heavy atom. The van der Waals surface area contributed by atoms with Crippen LogP contribution in [0.25, 0.3) is 0 Å². The van der Waals surface area contributed by atoms with Gasteiger partial charge in [0.25, 0.3) is 5.91 Å². The van der Waals surface area contributed by atoms with Gasteiger partial charge >= 0.3 is 0 Å². The Kier molecular flexibility index (Phi) is 3.39. The minimum absolute atomic E-state index is 0.285. The summed E-state index contributed by atoms with van der Waals surface area (Å²) < 4.78 is 10.9. The molecule has 0 aromatic carbocycles. The van der Waals surface area contributed by atoms with Crippen molar-refractivity contribution in [2.75, 3.05) is 6.61 Å². The van der Waals surface area contributed by atoms with E-state index in [1.165, 1.54) is 4.90 Å². The second-order valence-corrected chi connectivity index (χ2v) is 5.39. The van der Waals surface area contributed by atoms with Crippen LogP contribution in [0.2, 0.25) is 0 Å². The highest BCUT2D eigenvalue weighted by molar-refractivity contribution is 6.53. The zero-order chi connectivity index (χ0) is 12.6. The molecule has 6 heteroatoms. The second kappa shape index (κ2) is 4.52. The van der Waals surface area contributed by atoms with Gasteiger partial charge in [0, 0.05) is 0 Å². The van der Waals surface area contributed by atoms with Gasteiger partial charge in [-0.2, -0.15) is 0 Å². The highest BCUT2D eigenvalue weighted by atomic mass is 35.5. The van der Waals surface area contributed by atoms with Crippen LogP contribution in [0.1, 0.15) is 25.6 Å². The highest BCUT2D eigenvalue weighted by Crippen LogP contribution is 2.38. The molecule has 1 aliphatic heterocycles. The van der Waals surface area contributed by atoms with Crippen molar-refractivity contribution in [2.24, 2.45) is 0 Å². The molecule has 4 nitrogen and oxygen atoms in total. The number of rotatable bonds is 2. The standard InChI is InChI=1S/C11H13Cl2NO3/c1-11(2)14(10(15)9(12)13)7(6-17-11)8-4-3-5-16-8/h3-5,7,9H,6H2,1-2H3/t7-/m0/s1. The van der Waals surface area contributed by atoms with Crippen LogP contribution in [0, 0.1) is 0 Å². The Balaban J connectivity index is 2.31. The molecule has 1 aromatic heterocycles. The van der Waals surface area contributed by atoms with E-state index in [0.717, 1.165) is 0 Å². The van der Waals surface area contributed by atoms with E-state index < -0.39 is 10.6 Å². The fourth-order valence-electron chi connectivity index (χ4n) is 2.02. The molecule has 0 unspecified atom stereocenters. The van der Waals surface area contributed by atoms with Gasteiger partial charge in [0.1, 0.15) is 17.5 Å². The van der Waals surface area contributed by atoms with E-state index in [1.54, 1.807) is 32.2 Å². The largest absolute Gasteiger partial charge is 0.467 e. The first-order valence-corrected chi connectivity index (χ1v) is 6.09. The molecule has 1 aromatic rings. The van der Waals surface area contributed by atoms with Gasteiger partial charge in [-0.15, -0.1) is 0 Å². The van der Waals surface area contributed by atoms with Crippen molar-refractivity contribution >= 4 is 29.1 Å². The van der Waals surface area contributed by atoms with Gasteiger partial charge in [-0.25, -0.2) is 0 Å². The first kappa shape index (κ1) is 12.7. The molecule has 2 rings (SSSR count). The van der Waals surface area contributed by atoms with Crippen LogP contribution in [0.4, 0.5) is 0 Å². The lowest BCUT2D eigenvalue weighted by Gasteiger charge is -2.33. The molecule has 0 aliphatic carbocycles. The van der Waals surface area contributed by atoms with E-state index >= 15 is 0 Å². The zero-order valence-electron chi connectivity index (χ0n) is 9.52. The lowest BCUT2D eigenvalue weighted by molar-refractivity contribution is -0.144. The molecule has 0 radical (unpaired) electrons. The molecule has 0 spiro atoms. The van der Waals surface area contributed by atoms with Crippen LogP contribution < -0.4 is 0 Å². The highest BCUT2D eigenvalue weighted by Gasteiger charge is 2.46. The number of alkyl halides is 2. The normalized spacial score (nSPS) is 23.4. The van der Waals surface area contributed by atoms with Crippen LogP contribution in [0.3, 0.4) is 0 Å². The third kappa shape index (κ3) is 2.30. The number of hydrogen-bond donors (Lipinski definition) is 0. The van der Waals surface area contributed by atoms with Gasteiger partial charge in [0.15, 0.2) is 4.84 Å². The number of carbonyl (C=O) groups excluding carboxylic acids is 1. The van der Waals surface area contributed by atoms with Gasteiger partial charge in [-0.3, -0.25) is 9.69 Å². The summed E-state index contributed by atoms with van der Waals surface area (Å²) in [6.07, 6.45) is 1.56. The molecular formula is C11H13Cl2NO3. The summed E-state index contributed by atoms with van der Waals surface area (Å²) in [7, 11) is 0. The maximum atomic E-state index is 12.0. The molecule has 0 bridgehead atoms. The van der Waals surface area contributed by atoms with Crippen molar-refractivity contribution in [1.82, 2.24) is 4.90 Å². The minimum Gasteiger partial charge on any atom is -0.467 e. The summed E-state index contributed by atoms with van der Waals surface area (Å²) in [5.74, 6) is 0.287. The Morgan fingerprint density at radius 1 is 1.59 bits per heavy atom. The minimum atomic E-state index is -1.10. The summed E-state index contributed by atoms with van der Waals surface area (Å²) in [6, 6.07) is 3.28. The van der Waals surface area contributed by atoms with E-state index in [1.807, 2.05) is 0 Å². The number of carbonyl (C=O) groups is 1. The average molecular weight is 278 g/mol. The van der Waals surface area contributed by atoms with Crippen LogP contribution in [0.5, 0.6) is 0 Å². The molecule has 1 saturated heterocycles. The van der Waals surface area contributed by atoms with Gasteiger partial charge in [0.05, 0.1) is 12.9 Å². The fourth-order valence-corrected chi connectivity index (χ4v) is 2.23. The summed E-state index contributed by atoms with van der Waals surface area (Å²) in [6.45, 7) is 3.96. The summed E-state index contributed by atoms with van der Waals surface area (Å²) >= 11 is 11.3. The quantitative estimate of drug-likeness (QED) is 0.781. The average Bonchev–Trinajstić information content (AvgIpc) is 2.83. The van der Waals surface area contributed by atoms with E-state index in [9.17, 15) is 4.79 Å². The second-order valence-electron chi connectivity index (χ2n) is 4.30. The Labute approximate surface area is 109 Å². The van der Waals surface area contributed by atoms with Crippen LogP contribution in [-0.2, 0) is 9.53 Å². The predicted octanol–water partition coefficient (Wildman–Crippen LogP) is 2.72. The molecule has 1 atom stereocenters. The Hall–Kier alpha value is -0.710. The lowest BCUT2D eigenvalue weighted by Crippen LogP contribution is -2.46. The van der Waals surface area contributed by atoms with Crippen molar-refractivity contribution in [1.29, 1.82) is 0 Å². The third-order valence-corrected chi connectivity index (χ3v) is 3.16. The summed E-state index contributed by atoms with van der Waals surface area (Å²) in [4.78, 5) is 12.4. The zero-order valence-corrected chi connectivity index (χ0v) is 11.0. The molecule has 94 valence electrons. The van der Waals surface area contributed by atoms with Gasteiger partial charge < -0.3 is 9.15 Å². The van der Waals surface area contributed by atoms with Crippen molar-refractivity contribution in [3.63, 3.8) is 0 Å². The van der Waals surface area contributed by atoms with E-state index in [2.05, 4.69) is 0 Å². The van der Waals surface area contributed by atoms with Gasteiger partial charge in [0.2, 0.25) is 0 Å². The first-order chi connectivity index (χ1) is 7.93. The number of halogens is 2. The van der Waals surface area contributed by atoms with Crippen molar-refractivity contribution < 1.29 is 13.9 Å². The van der Waals surface area contributed by atoms with Crippen molar-refractivity contribution in [3.8, 4) is 0 Å². The molecular weight excluding hydrogens is 265 g/mol. The van der Waals surface area contributed by atoms with E-state index in [-0.39, 0.29) is 11.9 Å². The molecule has 0 saturated carbocycles. The van der Waals surface area contributed by atoms with Crippen LogP contribution in [-0.4, -0.2) is 28.0 Å². The molecule has 1 amide bonds. The monoisotopic (exact) mass is 277 g/mol. The predicted molar refractivity (Wildman–Crippen MR) is 63.8 cm³/mol. The van der Waals surface area contributed by atoms with E-state index in [0.29, 0.717) is 12.4 Å². The first-order valence-electron chi connectivity index (χ1n) is 5.22.